The molecule has 0 spiro atoms. The number of fused-ring (bicyclic) bond motifs is 1. The van der Waals surface area contributed by atoms with Crippen LogP contribution in [0.2, 0.25) is 0 Å². The van der Waals surface area contributed by atoms with Gasteiger partial charge in [0, 0.05) is 26.0 Å². The van der Waals surface area contributed by atoms with Crippen LogP contribution in [0.3, 0.4) is 0 Å². The smallest absolute Gasteiger partial charge is 0.326 e. The van der Waals surface area contributed by atoms with E-state index in [1.54, 1.807) is 6.20 Å². The number of carbonyl (C=O) groups excluding carboxylic acids is 1. The zero-order valence-corrected chi connectivity index (χ0v) is 14.4. The summed E-state index contributed by atoms with van der Waals surface area (Å²) in [4.78, 5) is 26.4. The van der Waals surface area contributed by atoms with Crippen LogP contribution in [0, 0.1) is 0 Å². The van der Waals surface area contributed by atoms with Crippen LogP contribution in [0.5, 0.6) is 0 Å². The zero-order chi connectivity index (χ0) is 15.6. The molecule has 0 aliphatic rings. The number of carboxylic acids is 1. The predicted octanol–water partition coefficient (Wildman–Crippen LogP) is 3.68. The van der Waals surface area contributed by atoms with Crippen molar-refractivity contribution in [2.45, 2.75) is 25.8 Å². The van der Waals surface area contributed by atoms with E-state index in [9.17, 15) is 9.59 Å². The fraction of sp³-hybridized carbons (Fsp3) is 0.286. The molecule has 21 heavy (non-hydrogen) atoms. The Labute approximate surface area is 138 Å². The van der Waals surface area contributed by atoms with Crippen LogP contribution in [0.4, 0.5) is 0 Å². The molecule has 1 heterocycles. The molecular formula is C14H14Br2N2O3. The first kappa shape index (κ1) is 16.0. The SMILES string of the molecule is CCCC(NC(=O)c1c[nH]c2cc(Br)c(Br)cc12)C(=O)O. The van der Waals surface area contributed by atoms with Gasteiger partial charge in [0.05, 0.1) is 5.56 Å². The number of carboxylic acid groups (broad SMARTS) is 1. The molecule has 1 aromatic carbocycles. The fourth-order valence-corrected chi connectivity index (χ4v) is 2.77. The number of carbonyl (C=O) groups is 2. The van der Waals surface area contributed by atoms with Crippen molar-refractivity contribution in [3.8, 4) is 0 Å². The van der Waals surface area contributed by atoms with E-state index in [2.05, 4.69) is 42.2 Å². The van der Waals surface area contributed by atoms with Crippen molar-refractivity contribution in [2.75, 3.05) is 0 Å². The van der Waals surface area contributed by atoms with Crippen molar-refractivity contribution in [2.24, 2.45) is 0 Å². The third-order valence-electron chi connectivity index (χ3n) is 3.15. The lowest BCUT2D eigenvalue weighted by atomic mass is 10.1. The number of hydrogen-bond acceptors (Lipinski definition) is 2. The van der Waals surface area contributed by atoms with Gasteiger partial charge < -0.3 is 15.4 Å². The third kappa shape index (κ3) is 3.47. The van der Waals surface area contributed by atoms with Gasteiger partial charge in [-0.25, -0.2) is 4.79 Å². The van der Waals surface area contributed by atoms with E-state index in [0.717, 1.165) is 19.8 Å². The molecule has 1 atom stereocenters. The molecule has 112 valence electrons. The van der Waals surface area contributed by atoms with Crippen molar-refractivity contribution in [1.82, 2.24) is 10.3 Å². The number of benzene rings is 1. The highest BCUT2D eigenvalue weighted by Crippen LogP contribution is 2.30. The summed E-state index contributed by atoms with van der Waals surface area (Å²) in [6.07, 6.45) is 2.67. The molecule has 0 radical (unpaired) electrons. The average Bonchev–Trinajstić information content (AvgIpc) is 2.81. The number of hydrogen-bond donors (Lipinski definition) is 3. The number of aromatic amines is 1. The van der Waals surface area contributed by atoms with Gasteiger partial charge in [0.1, 0.15) is 6.04 Å². The predicted molar refractivity (Wildman–Crippen MR) is 87.5 cm³/mol. The minimum Gasteiger partial charge on any atom is -0.480 e. The summed E-state index contributed by atoms with van der Waals surface area (Å²) >= 11 is 6.79. The van der Waals surface area contributed by atoms with Gasteiger partial charge in [-0.2, -0.15) is 0 Å². The van der Waals surface area contributed by atoms with Crippen molar-refractivity contribution >= 4 is 54.6 Å². The molecule has 5 nitrogen and oxygen atoms in total. The van der Waals surface area contributed by atoms with Gasteiger partial charge in [-0.05, 0) is 50.4 Å². The summed E-state index contributed by atoms with van der Waals surface area (Å²) in [5.41, 5.74) is 1.23. The van der Waals surface area contributed by atoms with Crippen molar-refractivity contribution in [3.05, 3.63) is 32.8 Å². The van der Waals surface area contributed by atoms with E-state index in [4.69, 9.17) is 5.11 Å². The maximum absolute atomic E-state index is 12.3. The Morgan fingerprint density at radius 1 is 1.33 bits per heavy atom. The number of H-pyrrole nitrogens is 1. The van der Waals surface area contributed by atoms with Crippen LogP contribution in [0.1, 0.15) is 30.1 Å². The van der Waals surface area contributed by atoms with Crippen LogP contribution in [0.15, 0.2) is 27.3 Å². The summed E-state index contributed by atoms with van der Waals surface area (Å²) in [6.45, 7) is 1.88. The lowest BCUT2D eigenvalue weighted by Crippen LogP contribution is -2.40. The van der Waals surface area contributed by atoms with Gasteiger partial charge >= 0.3 is 5.97 Å². The van der Waals surface area contributed by atoms with Crippen molar-refractivity contribution in [3.63, 3.8) is 0 Å². The Hall–Kier alpha value is -1.34. The quantitative estimate of drug-likeness (QED) is 0.693. The minimum absolute atomic E-state index is 0.392. The zero-order valence-electron chi connectivity index (χ0n) is 11.2. The first-order chi connectivity index (χ1) is 9.93. The summed E-state index contributed by atoms with van der Waals surface area (Å²) in [6, 6.07) is 2.81. The molecule has 0 saturated heterocycles. The van der Waals surface area contributed by atoms with E-state index >= 15 is 0 Å². The Bertz CT molecular complexity index is 697. The Kier molecular flexibility index (Phi) is 5.05. The van der Waals surface area contributed by atoms with Gasteiger partial charge in [-0.15, -0.1) is 0 Å². The second-order valence-corrected chi connectivity index (χ2v) is 6.38. The number of nitrogens with one attached hydrogen (secondary N) is 2. The standard InChI is InChI=1S/C14H14Br2N2O3/c1-2-3-11(14(20)21)18-13(19)8-6-17-12-5-10(16)9(15)4-7(8)12/h4-6,11,17H,2-3H2,1H3,(H,18,19)(H,20,21). The third-order valence-corrected chi connectivity index (χ3v) is 4.99. The first-order valence-electron chi connectivity index (χ1n) is 6.43. The minimum atomic E-state index is -1.02. The Morgan fingerprint density at radius 3 is 2.62 bits per heavy atom. The summed E-state index contributed by atoms with van der Waals surface area (Å²) < 4.78 is 1.70. The largest absolute Gasteiger partial charge is 0.480 e. The Morgan fingerprint density at radius 2 is 2.00 bits per heavy atom. The van der Waals surface area contributed by atoms with E-state index in [0.29, 0.717) is 18.4 Å². The molecule has 0 saturated carbocycles. The number of halogens is 2. The molecule has 1 aromatic heterocycles. The fourth-order valence-electron chi connectivity index (χ4n) is 2.09. The first-order valence-corrected chi connectivity index (χ1v) is 8.02. The van der Waals surface area contributed by atoms with Crippen LogP contribution in [0.25, 0.3) is 10.9 Å². The number of rotatable bonds is 5. The van der Waals surface area contributed by atoms with Gasteiger partial charge in [0.2, 0.25) is 0 Å². The second-order valence-electron chi connectivity index (χ2n) is 4.67. The van der Waals surface area contributed by atoms with Crippen LogP contribution >= 0.6 is 31.9 Å². The molecule has 7 heteroatoms. The average molecular weight is 418 g/mol. The highest BCUT2D eigenvalue weighted by atomic mass is 79.9. The monoisotopic (exact) mass is 416 g/mol. The van der Waals surface area contributed by atoms with Crippen molar-refractivity contribution in [1.29, 1.82) is 0 Å². The highest BCUT2D eigenvalue weighted by molar-refractivity contribution is 9.13. The van der Waals surface area contributed by atoms with E-state index in [1.807, 2.05) is 19.1 Å². The molecule has 1 amide bonds. The topological polar surface area (TPSA) is 82.2 Å². The molecular weight excluding hydrogens is 404 g/mol. The molecule has 2 rings (SSSR count). The van der Waals surface area contributed by atoms with Crippen molar-refractivity contribution < 1.29 is 14.7 Å². The summed E-state index contributed by atoms with van der Waals surface area (Å²) in [5.74, 6) is -1.41. The van der Waals surface area contributed by atoms with Crippen LogP contribution in [-0.2, 0) is 4.79 Å². The summed E-state index contributed by atoms with van der Waals surface area (Å²) in [5, 5.41) is 12.4. The van der Waals surface area contributed by atoms with E-state index < -0.39 is 17.9 Å². The van der Waals surface area contributed by atoms with E-state index in [-0.39, 0.29) is 0 Å². The maximum Gasteiger partial charge on any atom is 0.326 e. The van der Waals surface area contributed by atoms with Crippen LogP contribution < -0.4 is 5.32 Å². The van der Waals surface area contributed by atoms with Crippen LogP contribution in [-0.4, -0.2) is 28.0 Å². The molecule has 1 unspecified atom stereocenters. The highest BCUT2D eigenvalue weighted by Gasteiger charge is 2.21. The molecule has 0 aliphatic carbocycles. The summed E-state index contributed by atoms with van der Waals surface area (Å²) in [7, 11) is 0. The lowest BCUT2D eigenvalue weighted by Gasteiger charge is -2.13. The molecule has 2 aromatic rings. The van der Waals surface area contributed by atoms with Gasteiger partial charge in [0.15, 0.2) is 0 Å². The maximum atomic E-state index is 12.3. The second kappa shape index (κ2) is 6.62. The normalized spacial score (nSPS) is 12.3. The molecule has 3 N–H and O–H groups in total. The van der Waals surface area contributed by atoms with E-state index in [1.165, 1.54) is 0 Å². The van der Waals surface area contributed by atoms with Gasteiger partial charge in [0.25, 0.3) is 5.91 Å². The molecule has 0 aliphatic heterocycles. The number of aromatic nitrogens is 1. The van der Waals surface area contributed by atoms with Gasteiger partial charge in [-0.3, -0.25) is 4.79 Å². The molecule has 0 fully saturated rings. The molecule has 0 bridgehead atoms. The van der Waals surface area contributed by atoms with Gasteiger partial charge in [-0.1, -0.05) is 13.3 Å². The lowest BCUT2D eigenvalue weighted by molar-refractivity contribution is -0.139. The number of aliphatic carboxylic acids is 1. The Balaban J connectivity index is 2.31. The number of amides is 1.